The monoisotopic (exact) mass is 162 g/mol. The first-order chi connectivity index (χ1) is 4.68. The van der Waals surface area contributed by atoms with E-state index in [1.807, 2.05) is 0 Å². The number of thiol groups is 1. The maximum absolute atomic E-state index is 10.4. The lowest BCUT2D eigenvalue weighted by molar-refractivity contribution is -0.118. The quantitative estimate of drug-likeness (QED) is 0.473. The van der Waals surface area contributed by atoms with Crippen LogP contribution in [0, 0.1) is 0 Å². The van der Waals surface area contributed by atoms with Crippen molar-refractivity contribution in [3.63, 3.8) is 0 Å². The van der Waals surface area contributed by atoms with E-state index in [2.05, 4.69) is 19.6 Å². The summed E-state index contributed by atoms with van der Waals surface area (Å²) < 4.78 is 0. The lowest BCUT2D eigenvalue weighted by Gasteiger charge is -2.03. The summed E-state index contributed by atoms with van der Waals surface area (Å²) in [5, 5.41) is 8.51. The van der Waals surface area contributed by atoms with Crippen LogP contribution in [-0.2, 0) is 4.79 Å². The third-order valence-corrected chi connectivity index (χ3v) is 1.66. The van der Waals surface area contributed by atoms with Crippen LogP contribution in [0.4, 0.5) is 0 Å². The van der Waals surface area contributed by atoms with E-state index in [0.717, 1.165) is 19.3 Å². The summed E-state index contributed by atoms with van der Waals surface area (Å²) in [4.78, 5) is 10.4. The van der Waals surface area contributed by atoms with Crippen molar-refractivity contribution in [3.8, 4) is 0 Å². The van der Waals surface area contributed by atoms with Gasteiger partial charge >= 0.3 is 0 Å². The van der Waals surface area contributed by atoms with Gasteiger partial charge < -0.3 is 5.11 Å². The van der Waals surface area contributed by atoms with Gasteiger partial charge in [-0.3, -0.25) is 4.79 Å². The molecule has 1 atom stereocenters. The minimum absolute atomic E-state index is 0.420. The average Bonchev–Trinajstić information content (AvgIpc) is 1.88. The van der Waals surface area contributed by atoms with Crippen LogP contribution in [0.15, 0.2) is 0 Å². The molecular formula is C7H14O2S. The maximum Gasteiger partial charge on any atom is 0.214 e. The lowest BCUT2D eigenvalue weighted by Crippen LogP contribution is -2.14. The molecule has 10 heavy (non-hydrogen) atoms. The summed E-state index contributed by atoms with van der Waals surface area (Å²) in [5.74, 6) is 0. The van der Waals surface area contributed by atoms with E-state index >= 15 is 0 Å². The molecule has 1 N–H and O–H groups in total. The summed E-state index contributed by atoms with van der Waals surface area (Å²) in [6.45, 7) is 2.08. The van der Waals surface area contributed by atoms with Gasteiger partial charge in [0.1, 0.15) is 6.10 Å². The van der Waals surface area contributed by atoms with Gasteiger partial charge in [-0.25, -0.2) is 0 Å². The summed E-state index contributed by atoms with van der Waals surface area (Å²) in [6, 6.07) is 0. The van der Waals surface area contributed by atoms with Crippen LogP contribution < -0.4 is 0 Å². The minimum atomic E-state index is -0.852. The van der Waals surface area contributed by atoms with Gasteiger partial charge in [0.15, 0.2) is 0 Å². The van der Waals surface area contributed by atoms with Gasteiger partial charge in [0, 0.05) is 0 Å². The SMILES string of the molecule is CCCCC[C@H](O)C(=O)S. The number of rotatable bonds is 5. The van der Waals surface area contributed by atoms with Crippen LogP contribution in [-0.4, -0.2) is 16.3 Å². The van der Waals surface area contributed by atoms with Crippen molar-refractivity contribution in [2.45, 2.75) is 38.7 Å². The Morgan fingerprint density at radius 1 is 1.60 bits per heavy atom. The van der Waals surface area contributed by atoms with E-state index in [0.29, 0.717) is 6.42 Å². The second-order valence-corrected chi connectivity index (χ2v) is 2.79. The number of hydrogen-bond donors (Lipinski definition) is 2. The summed E-state index contributed by atoms with van der Waals surface area (Å²) in [5.41, 5.74) is 0. The molecule has 60 valence electrons. The molecule has 0 unspecified atom stereocenters. The van der Waals surface area contributed by atoms with E-state index in [-0.39, 0.29) is 0 Å². The van der Waals surface area contributed by atoms with Gasteiger partial charge in [-0.05, 0) is 6.42 Å². The largest absolute Gasteiger partial charge is 0.384 e. The van der Waals surface area contributed by atoms with Gasteiger partial charge in [0.2, 0.25) is 5.12 Å². The van der Waals surface area contributed by atoms with Crippen molar-refractivity contribution in [3.05, 3.63) is 0 Å². The van der Waals surface area contributed by atoms with E-state index in [1.54, 1.807) is 0 Å². The maximum atomic E-state index is 10.4. The molecule has 0 aromatic heterocycles. The number of aliphatic hydroxyl groups excluding tert-OH is 1. The molecular weight excluding hydrogens is 148 g/mol. The Bertz CT molecular complexity index is 104. The van der Waals surface area contributed by atoms with Crippen LogP contribution in [0.3, 0.4) is 0 Å². The van der Waals surface area contributed by atoms with Crippen molar-refractivity contribution in [2.75, 3.05) is 0 Å². The first-order valence-corrected chi connectivity index (χ1v) is 4.04. The zero-order valence-electron chi connectivity index (χ0n) is 6.21. The zero-order valence-corrected chi connectivity index (χ0v) is 7.10. The molecule has 0 rings (SSSR count). The van der Waals surface area contributed by atoms with Gasteiger partial charge in [-0.1, -0.05) is 26.2 Å². The van der Waals surface area contributed by atoms with E-state index in [9.17, 15) is 4.79 Å². The molecule has 0 aliphatic rings. The Kier molecular flexibility index (Phi) is 5.73. The molecule has 2 nitrogen and oxygen atoms in total. The van der Waals surface area contributed by atoms with Gasteiger partial charge in [-0.2, -0.15) is 0 Å². The third kappa shape index (κ3) is 4.82. The van der Waals surface area contributed by atoms with E-state index in [4.69, 9.17) is 5.11 Å². The molecule has 0 aliphatic carbocycles. The third-order valence-electron chi connectivity index (χ3n) is 1.37. The molecule has 3 heteroatoms. The van der Waals surface area contributed by atoms with Crippen molar-refractivity contribution < 1.29 is 9.90 Å². The Balaban J connectivity index is 3.21. The zero-order chi connectivity index (χ0) is 7.98. The van der Waals surface area contributed by atoms with Crippen LogP contribution in [0.2, 0.25) is 0 Å². The average molecular weight is 162 g/mol. The molecule has 0 amide bonds. The second-order valence-electron chi connectivity index (χ2n) is 2.35. The Hall–Kier alpha value is -0.0200. The number of aliphatic hydroxyl groups is 1. The lowest BCUT2D eigenvalue weighted by atomic mass is 10.1. The highest BCUT2D eigenvalue weighted by Crippen LogP contribution is 2.04. The Morgan fingerprint density at radius 3 is 2.60 bits per heavy atom. The highest BCUT2D eigenvalue weighted by molar-refractivity contribution is 7.96. The molecule has 0 bridgehead atoms. The van der Waals surface area contributed by atoms with Crippen molar-refractivity contribution >= 4 is 17.7 Å². The molecule has 0 saturated heterocycles. The van der Waals surface area contributed by atoms with Gasteiger partial charge in [0.05, 0.1) is 0 Å². The minimum Gasteiger partial charge on any atom is -0.384 e. The van der Waals surface area contributed by atoms with Crippen molar-refractivity contribution in [2.24, 2.45) is 0 Å². The fourth-order valence-corrected chi connectivity index (χ4v) is 0.840. The number of carbonyl (C=O) groups excluding carboxylic acids is 1. The summed E-state index contributed by atoms with van der Waals surface area (Å²) in [6.07, 6.45) is 2.78. The normalized spacial score (nSPS) is 13.1. The van der Waals surface area contributed by atoms with Crippen LogP contribution in [0.1, 0.15) is 32.6 Å². The smallest absolute Gasteiger partial charge is 0.214 e. The molecule has 0 aromatic carbocycles. The predicted molar refractivity (Wildman–Crippen MR) is 44.1 cm³/mol. The van der Waals surface area contributed by atoms with Crippen LogP contribution >= 0.6 is 12.6 Å². The fourth-order valence-electron chi connectivity index (χ4n) is 0.711. The number of unbranched alkanes of at least 4 members (excludes halogenated alkanes) is 2. The van der Waals surface area contributed by atoms with Crippen molar-refractivity contribution in [1.29, 1.82) is 0 Å². The van der Waals surface area contributed by atoms with Gasteiger partial charge in [-0.15, -0.1) is 12.6 Å². The predicted octanol–water partition coefficient (Wildman–Crippen LogP) is 1.38. The van der Waals surface area contributed by atoms with E-state index in [1.165, 1.54) is 0 Å². The van der Waals surface area contributed by atoms with Gasteiger partial charge in [0.25, 0.3) is 0 Å². The topological polar surface area (TPSA) is 37.3 Å². The Labute approximate surface area is 67.0 Å². The van der Waals surface area contributed by atoms with Crippen LogP contribution in [0.5, 0.6) is 0 Å². The molecule has 0 spiro atoms. The Morgan fingerprint density at radius 2 is 2.20 bits per heavy atom. The molecule has 0 aliphatic heterocycles. The highest BCUT2D eigenvalue weighted by atomic mass is 32.1. The van der Waals surface area contributed by atoms with Crippen LogP contribution in [0.25, 0.3) is 0 Å². The standard InChI is InChI=1S/C7H14O2S/c1-2-3-4-5-6(8)7(9)10/h6,8H,2-5H2,1H3,(H,9,10)/t6-/m0/s1. The van der Waals surface area contributed by atoms with Crippen molar-refractivity contribution in [1.82, 2.24) is 0 Å². The fraction of sp³-hybridized carbons (Fsp3) is 0.857. The molecule has 0 fully saturated rings. The highest BCUT2D eigenvalue weighted by Gasteiger charge is 2.08. The summed E-state index contributed by atoms with van der Waals surface area (Å²) >= 11 is 3.51. The first kappa shape index (κ1) is 9.98. The second kappa shape index (κ2) is 5.74. The molecule has 0 radical (unpaired) electrons. The first-order valence-electron chi connectivity index (χ1n) is 3.59. The summed E-state index contributed by atoms with van der Waals surface area (Å²) in [7, 11) is 0. The van der Waals surface area contributed by atoms with E-state index < -0.39 is 11.2 Å². The number of hydrogen-bond acceptors (Lipinski definition) is 2. The number of carbonyl (C=O) groups is 1. The molecule has 0 aromatic rings. The molecule has 0 saturated carbocycles. The molecule has 0 heterocycles.